The van der Waals surface area contributed by atoms with E-state index >= 15 is 0 Å². The summed E-state index contributed by atoms with van der Waals surface area (Å²) in [6.45, 7) is 0. The molecule has 2 rings (SSSR count). The van der Waals surface area contributed by atoms with E-state index in [1.54, 1.807) is 0 Å². The average molecular weight is 179 g/mol. The maximum Gasteiger partial charge on any atom is 0.123 e. The molecule has 1 aliphatic rings. The fourth-order valence-electron chi connectivity index (χ4n) is 2.11. The van der Waals surface area contributed by atoms with E-state index < -0.39 is 0 Å². The summed E-state index contributed by atoms with van der Waals surface area (Å²) in [5, 5.41) is 0. The molecule has 0 spiro atoms. The highest BCUT2D eigenvalue weighted by Gasteiger charge is 2.24. The zero-order valence-electron chi connectivity index (χ0n) is 7.54. The van der Waals surface area contributed by atoms with Crippen molar-refractivity contribution in [1.29, 1.82) is 0 Å². The summed E-state index contributed by atoms with van der Waals surface area (Å²) in [6, 6.07) is 7.00. The van der Waals surface area contributed by atoms with Crippen LogP contribution < -0.4 is 5.73 Å². The van der Waals surface area contributed by atoms with Crippen molar-refractivity contribution < 1.29 is 4.39 Å². The van der Waals surface area contributed by atoms with Gasteiger partial charge in [0.15, 0.2) is 0 Å². The fraction of sp³-hybridized carbons (Fsp3) is 0.455. The molecule has 1 fully saturated rings. The standard InChI is InChI=1S/C11H14FN/c12-9-6-4-8(5-7-9)10-2-1-3-11(10)13/h4-7,10-11H,1-3,13H2/t10?,11-/m1/s1. The van der Waals surface area contributed by atoms with Crippen LogP contribution in [0.3, 0.4) is 0 Å². The molecule has 0 amide bonds. The monoisotopic (exact) mass is 179 g/mol. The first-order valence-corrected chi connectivity index (χ1v) is 4.78. The Bertz CT molecular complexity index is 281. The van der Waals surface area contributed by atoms with Crippen LogP contribution in [0.1, 0.15) is 30.7 Å². The summed E-state index contributed by atoms with van der Waals surface area (Å²) < 4.78 is 12.6. The van der Waals surface area contributed by atoms with Gasteiger partial charge in [0.2, 0.25) is 0 Å². The smallest absolute Gasteiger partial charge is 0.123 e. The molecule has 0 aromatic heterocycles. The van der Waals surface area contributed by atoms with Gasteiger partial charge in [0.1, 0.15) is 5.82 Å². The van der Waals surface area contributed by atoms with Crippen LogP contribution in [0.5, 0.6) is 0 Å². The van der Waals surface area contributed by atoms with Crippen molar-refractivity contribution in [1.82, 2.24) is 0 Å². The van der Waals surface area contributed by atoms with Crippen molar-refractivity contribution in [2.24, 2.45) is 5.73 Å². The van der Waals surface area contributed by atoms with Crippen molar-refractivity contribution in [3.63, 3.8) is 0 Å². The summed E-state index contributed by atoms with van der Waals surface area (Å²) in [4.78, 5) is 0. The average Bonchev–Trinajstić information content (AvgIpc) is 2.53. The third kappa shape index (κ3) is 1.73. The van der Waals surface area contributed by atoms with Crippen LogP contribution in [0.4, 0.5) is 4.39 Å². The Morgan fingerprint density at radius 1 is 1.15 bits per heavy atom. The predicted octanol–water partition coefficient (Wildman–Crippen LogP) is 2.42. The first kappa shape index (κ1) is 8.70. The van der Waals surface area contributed by atoms with Gasteiger partial charge in [0, 0.05) is 6.04 Å². The van der Waals surface area contributed by atoms with Crippen LogP contribution >= 0.6 is 0 Å². The molecule has 2 heteroatoms. The molecule has 1 unspecified atom stereocenters. The normalized spacial score (nSPS) is 27.8. The minimum Gasteiger partial charge on any atom is -0.327 e. The van der Waals surface area contributed by atoms with Gasteiger partial charge < -0.3 is 5.73 Å². The zero-order valence-corrected chi connectivity index (χ0v) is 7.54. The molecule has 0 radical (unpaired) electrons. The van der Waals surface area contributed by atoms with E-state index in [0.29, 0.717) is 5.92 Å². The highest BCUT2D eigenvalue weighted by Crippen LogP contribution is 2.33. The lowest BCUT2D eigenvalue weighted by atomic mass is 9.95. The quantitative estimate of drug-likeness (QED) is 0.704. The molecule has 1 saturated carbocycles. The second-order valence-corrected chi connectivity index (χ2v) is 3.75. The first-order chi connectivity index (χ1) is 6.27. The van der Waals surface area contributed by atoms with Crippen LogP contribution in [-0.4, -0.2) is 6.04 Å². The SMILES string of the molecule is N[C@@H]1CCCC1c1ccc(F)cc1. The van der Waals surface area contributed by atoms with Crippen molar-refractivity contribution in [2.75, 3.05) is 0 Å². The molecule has 0 heterocycles. The van der Waals surface area contributed by atoms with Crippen LogP contribution in [-0.2, 0) is 0 Å². The van der Waals surface area contributed by atoms with E-state index in [0.717, 1.165) is 12.8 Å². The lowest BCUT2D eigenvalue weighted by Gasteiger charge is -2.15. The van der Waals surface area contributed by atoms with E-state index in [-0.39, 0.29) is 11.9 Å². The van der Waals surface area contributed by atoms with Crippen molar-refractivity contribution in [3.8, 4) is 0 Å². The summed E-state index contributed by atoms with van der Waals surface area (Å²) >= 11 is 0. The van der Waals surface area contributed by atoms with Gasteiger partial charge in [-0.2, -0.15) is 0 Å². The molecule has 0 aliphatic heterocycles. The molecular weight excluding hydrogens is 165 g/mol. The second kappa shape index (κ2) is 3.46. The van der Waals surface area contributed by atoms with Gasteiger partial charge >= 0.3 is 0 Å². The maximum atomic E-state index is 12.6. The van der Waals surface area contributed by atoms with E-state index in [1.807, 2.05) is 12.1 Å². The van der Waals surface area contributed by atoms with Crippen molar-refractivity contribution in [2.45, 2.75) is 31.2 Å². The summed E-state index contributed by atoms with van der Waals surface area (Å²) in [6.07, 6.45) is 3.44. The summed E-state index contributed by atoms with van der Waals surface area (Å²) in [5.41, 5.74) is 7.14. The van der Waals surface area contributed by atoms with E-state index in [1.165, 1.54) is 24.1 Å². The molecule has 1 aromatic rings. The zero-order chi connectivity index (χ0) is 9.26. The van der Waals surface area contributed by atoms with Gasteiger partial charge in [-0.05, 0) is 36.5 Å². The Morgan fingerprint density at radius 3 is 2.38 bits per heavy atom. The number of halogens is 1. The molecule has 0 bridgehead atoms. The molecule has 1 nitrogen and oxygen atoms in total. The molecule has 2 atom stereocenters. The Morgan fingerprint density at radius 2 is 1.85 bits per heavy atom. The molecular formula is C11H14FN. The maximum absolute atomic E-state index is 12.6. The van der Waals surface area contributed by atoms with Gasteiger partial charge in [-0.25, -0.2) is 4.39 Å². The number of hydrogen-bond donors (Lipinski definition) is 1. The number of rotatable bonds is 1. The minimum absolute atomic E-state index is 0.171. The number of hydrogen-bond acceptors (Lipinski definition) is 1. The van der Waals surface area contributed by atoms with Crippen LogP contribution in [0.25, 0.3) is 0 Å². The van der Waals surface area contributed by atoms with Gasteiger partial charge in [-0.3, -0.25) is 0 Å². The summed E-state index contributed by atoms with van der Waals surface area (Å²) in [5.74, 6) is 0.274. The van der Waals surface area contributed by atoms with Gasteiger partial charge in [0.25, 0.3) is 0 Å². The molecule has 1 aromatic carbocycles. The van der Waals surface area contributed by atoms with Crippen LogP contribution in [0.2, 0.25) is 0 Å². The Labute approximate surface area is 77.8 Å². The topological polar surface area (TPSA) is 26.0 Å². The predicted molar refractivity (Wildman–Crippen MR) is 51.0 cm³/mol. The molecule has 2 N–H and O–H groups in total. The highest BCUT2D eigenvalue weighted by molar-refractivity contribution is 5.23. The molecule has 1 aliphatic carbocycles. The van der Waals surface area contributed by atoms with E-state index in [4.69, 9.17) is 5.73 Å². The molecule has 0 saturated heterocycles. The van der Waals surface area contributed by atoms with Gasteiger partial charge in [-0.15, -0.1) is 0 Å². The van der Waals surface area contributed by atoms with Gasteiger partial charge in [-0.1, -0.05) is 18.6 Å². The largest absolute Gasteiger partial charge is 0.327 e. The van der Waals surface area contributed by atoms with Crippen LogP contribution in [0, 0.1) is 5.82 Å². The third-order valence-corrected chi connectivity index (χ3v) is 2.87. The van der Waals surface area contributed by atoms with Crippen molar-refractivity contribution in [3.05, 3.63) is 35.6 Å². The Hall–Kier alpha value is -0.890. The molecule has 70 valence electrons. The first-order valence-electron chi connectivity index (χ1n) is 4.78. The molecule has 13 heavy (non-hydrogen) atoms. The van der Waals surface area contributed by atoms with Crippen LogP contribution in [0.15, 0.2) is 24.3 Å². The number of nitrogens with two attached hydrogens (primary N) is 1. The summed E-state index contributed by atoms with van der Waals surface area (Å²) in [7, 11) is 0. The highest BCUT2D eigenvalue weighted by atomic mass is 19.1. The Kier molecular flexibility index (Phi) is 2.32. The Balaban J connectivity index is 2.20. The minimum atomic E-state index is -0.171. The van der Waals surface area contributed by atoms with E-state index in [9.17, 15) is 4.39 Å². The van der Waals surface area contributed by atoms with Crippen molar-refractivity contribution >= 4 is 0 Å². The lowest BCUT2D eigenvalue weighted by molar-refractivity contribution is 0.603. The fourth-order valence-corrected chi connectivity index (χ4v) is 2.11. The second-order valence-electron chi connectivity index (χ2n) is 3.75. The number of benzene rings is 1. The third-order valence-electron chi connectivity index (χ3n) is 2.87. The van der Waals surface area contributed by atoms with E-state index in [2.05, 4.69) is 0 Å². The van der Waals surface area contributed by atoms with Gasteiger partial charge in [0.05, 0.1) is 0 Å². The lowest BCUT2D eigenvalue weighted by Crippen LogP contribution is -2.22.